The molecule has 0 spiro atoms. The van der Waals surface area contributed by atoms with Crippen LogP contribution in [0.1, 0.15) is 0 Å². The van der Waals surface area contributed by atoms with Crippen molar-refractivity contribution in [2.24, 2.45) is 4.99 Å². The summed E-state index contributed by atoms with van der Waals surface area (Å²) in [7, 11) is 0. The largest absolute Gasteiger partial charge is 0.259 e. The molecule has 1 heterocycles. The quantitative estimate of drug-likeness (QED) is 0.612. The number of aromatic amines is 1. The summed E-state index contributed by atoms with van der Waals surface area (Å²) in [6, 6.07) is 5.55. The lowest BCUT2D eigenvalue weighted by Gasteiger charge is -1.89. The summed E-state index contributed by atoms with van der Waals surface area (Å²) in [6.07, 6.45) is 1.47. The van der Waals surface area contributed by atoms with E-state index in [2.05, 4.69) is 31.1 Å². The molecule has 4 nitrogen and oxygen atoms in total. The SMILES string of the molecule is O=C=Nc1[nH]nc2ccc(Br)cc12. The van der Waals surface area contributed by atoms with E-state index in [1.165, 1.54) is 6.08 Å². The number of carbonyl (C=O) groups excluding carboxylic acids is 1. The maximum absolute atomic E-state index is 10.0. The number of nitrogens with zero attached hydrogens (tertiary/aromatic N) is 2. The second kappa shape index (κ2) is 3.12. The second-order valence-electron chi connectivity index (χ2n) is 2.44. The molecule has 1 aromatic carbocycles. The first kappa shape index (κ1) is 8.16. The van der Waals surface area contributed by atoms with Gasteiger partial charge in [0.1, 0.15) is 0 Å². The zero-order valence-corrected chi connectivity index (χ0v) is 8.00. The Morgan fingerprint density at radius 2 is 2.38 bits per heavy atom. The van der Waals surface area contributed by atoms with Gasteiger partial charge >= 0.3 is 0 Å². The summed E-state index contributed by atoms with van der Waals surface area (Å²) in [5, 5.41) is 7.41. The van der Waals surface area contributed by atoms with Gasteiger partial charge < -0.3 is 0 Å². The first-order valence-corrected chi connectivity index (χ1v) is 4.32. The number of aliphatic imine (C=N–C) groups is 1. The van der Waals surface area contributed by atoms with Crippen LogP contribution in [0.5, 0.6) is 0 Å². The molecular formula is C8H4BrN3O. The van der Waals surface area contributed by atoms with Crippen molar-refractivity contribution >= 4 is 38.7 Å². The van der Waals surface area contributed by atoms with Crippen molar-refractivity contribution in [2.75, 3.05) is 0 Å². The maximum atomic E-state index is 10.0. The average Bonchev–Trinajstić information content (AvgIpc) is 2.49. The molecular weight excluding hydrogens is 234 g/mol. The highest BCUT2D eigenvalue weighted by atomic mass is 79.9. The van der Waals surface area contributed by atoms with Gasteiger partial charge in [0, 0.05) is 9.86 Å². The van der Waals surface area contributed by atoms with Crippen molar-refractivity contribution in [3.63, 3.8) is 0 Å². The molecule has 2 rings (SSSR count). The minimum atomic E-state index is 0.436. The van der Waals surface area contributed by atoms with Gasteiger partial charge in [-0.3, -0.25) is 5.10 Å². The summed E-state index contributed by atoms with van der Waals surface area (Å²) in [5.74, 6) is 0.436. The summed E-state index contributed by atoms with van der Waals surface area (Å²) >= 11 is 3.32. The van der Waals surface area contributed by atoms with Gasteiger partial charge in [0.2, 0.25) is 6.08 Å². The molecule has 5 heteroatoms. The number of fused-ring (bicyclic) bond motifs is 1. The van der Waals surface area contributed by atoms with Crippen LogP contribution in [0.3, 0.4) is 0 Å². The van der Waals surface area contributed by atoms with E-state index in [-0.39, 0.29) is 0 Å². The molecule has 0 unspecified atom stereocenters. The van der Waals surface area contributed by atoms with Crippen LogP contribution < -0.4 is 0 Å². The number of rotatable bonds is 1. The number of aromatic nitrogens is 2. The molecule has 0 radical (unpaired) electrons. The zero-order chi connectivity index (χ0) is 9.26. The van der Waals surface area contributed by atoms with Gasteiger partial charge in [0.15, 0.2) is 5.82 Å². The molecule has 0 aliphatic heterocycles. The standard InChI is InChI=1S/C8H4BrN3O/c9-5-1-2-7-6(3-5)8(10-4-13)12-11-7/h1-3H,(H,11,12). The number of hydrogen-bond acceptors (Lipinski definition) is 3. The van der Waals surface area contributed by atoms with E-state index in [0.717, 1.165) is 15.4 Å². The molecule has 0 aliphatic carbocycles. The van der Waals surface area contributed by atoms with Gasteiger partial charge in [-0.05, 0) is 18.2 Å². The van der Waals surface area contributed by atoms with Gasteiger partial charge in [-0.25, -0.2) is 4.79 Å². The smallest absolute Gasteiger partial charge is 0.242 e. The topological polar surface area (TPSA) is 58.1 Å². The van der Waals surface area contributed by atoms with Crippen LogP contribution in [-0.4, -0.2) is 16.3 Å². The minimum Gasteiger partial charge on any atom is -0.259 e. The van der Waals surface area contributed by atoms with Crippen molar-refractivity contribution < 1.29 is 4.79 Å². The lowest BCUT2D eigenvalue weighted by molar-refractivity contribution is 0.565. The summed E-state index contributed by atoms with van der Waals surface area (Å²) in [6.45, 7) is 0. The van der Waals surface area contributed by atoms with Crippen molar-refractivity contribution in [3.05, 3.63) is 22.7 Å². The molecule has 0 saturated heterocycles. The Morgan fingerprint density at radius 1 is 1.54 bits per heavy atom. The molecule has 13 heavy (non-hydrogen) atoms. The third-order valence-corrected chi connectivity index (χ3v) is 2.15. The molecule has 0 fully saturated rings. The average molecular weight is 238 g/mol. The number of hydrogen-bond donors (Lipinski definition) is 1. The van der Waals surface area contributed by atoms with Gasteiger partial charge in [-0.1, -0.05) is 15.9 Å². The number of halogens is 1. The third kappa shape index (κ3) is 1.39. The molecule has 0 amide bonds. The van der Waals surface area contributed by atoms with E-state index in [9.17, 15) is 4.79 Å². The molecule has 1 aromatic heterocycles. The van der Waals surface area contributed by atoms with Gasteiger partial charge in [0.25, 0.3) is 0 Å². The highest BCUT2D eigenvalue weighted by Crippen LogP contribution is 2.25. The van der Waals surface area contributed by atoms with E-state index in [1.807, 2.05) is 18.2 Å². The highest BCUT2D eigenvalue weighted by molar-refractivity contribution is 9.10. The molecule has 0 aliphatic rings. The van der Waals surface area contributed by atoms with Crippen molar-refractivity contribution in [1.29, 1.82) is 0 Å². The van der Waals surface area contributed by atoms with Crippen LogP contribution in [0.4, 0.5) is 5.82 Å². The fraction of sp³-hybridized carbons (Fsp3) is 0. The van der Waals surface area contributed by atoms with Crippen molar-refractivity contribution in [2.45, 2.75) is 0 Å². The monoisotopic (exact) mass is 237 g/mol. The van der Waals surface area contributed by atoms with Crippen LogP contribution >= 0.6 is 15.9 Å². The molecule has 0 atom stereocenters. The van der Waals surface area contributed by atoms with E-state index < -0.39 is 0 Å². The van der Waals surface area contributed by atoms with Crippen LogP contribution in [0.15, 0.2) is 27.7 Å². The maximum Gasteiger partial charge on any atom is 0.242 e. The minimum absolute atomic E-state index is 0.436. The van der Waals surface area contributed by atoms with Crippen molar-refractivity contribution in [1.82, 2.24) is 10.2 Å². The summed E-state index contributed by atoms with van der Waals surface area (Å²) < 4.78 is 0.920. The molecule has 2 aromatic rings. The lowest BCUT2D eigenvalue weighted by Crippen LogP contribution is -1.67. The Bertz CT molecular complexity index is 499. The summed E-state index contributed by atoms with van der Waals surface area (Å²) in [5.41, 5.74) is 0.775. The zero-order valence-electron chi connectivity index (χ0n) is 6.41. The van der Waals surface area contributed by atoms with Gasteiger partial charge in [-0.2, -0.15) is 5.10 Å². The Labute approximate surface area is 81.8 Å². The van der Waals surface area contributed by atoms with Crippen LogP contribution in [-0.2, 0) is 4.79 Å². The molecule has 1 N–H and O–H groups in total. The van der Waals surface area contributed by atoms with Crippen LogP contribution in [0.2, 0.25) is 0 Å². The Morgan fingerprint density at radius 3 is 3.15 bits per heavy atom. The Hall–Kier alpha value is -1.45. The second-order valence-corrected chi connectivity index (χ2v) is 3.35. The van der Waals surface area contributed by atoms with E-state index in [4.69, 9.17) is 0 Å². The molecule has 64 valence electrons. The van der Waals surface area contributed by atoms with Gasteiger partial charge in [0.05, 0.1) is 5.52 Å². The fourth-order valence-corrected chi connectivity index (χ4v) is 1.46. The van der Waals surface area contributed by atoms with Crippen molar-refractivity contribution in [3.8, 4) is 0 Å². The normalized spacial score (nSPS) is 9.92. The van der Waals surface area contributed by atoms with Crippen LogP contribution in [0, 0.1) is 0 Å². The first-order chi connectivity index (χ1) is 6.31. The molecule has 0 bridgehead atoms. The number of H-pyrrole nitrogens is 1. The van der Waals surface area contributed by atoms with E-state index >= 15 is 0 Å². The predicted octanol–water partition coefficient (Wildman–Crippen LogP) is 2.29. The third-order valence-electron chi connectivity index (χ3n) is 1.65. The molecule has 0 saturated carbocycles. The highest BCUT2D eigenvalue weighted by Gasteiger charge is 2.03. The fourth-order valence-electron chi connectivity index (χ4n) is 1.10. The number of nitrogens with one attached hydrogen (secondary N) is 1. The number of benzene rings is 1. The predicted molar refractivity (Wildman–Crippen MR) is 51.6 cm³/mol. The first-order valence-electron chi connectivity index (χ1n) is 3.53. The Balaban J connectivity index is 2.78. The lowest BCUT2D eigenvalue weighted by atomic mass is 10.2. The van der Waals surface area contributed by atoms with E-state index in [1.54, 1.807) is 0 Å². The van der Waals surface area contributed by atoms with Gasteiger partial charge in [-0.15, -0.1) is 4.99 Å². The van der Waals surface area contributed by atoms with Crippen LogP contribution in [0.25, 0.3) is 10.9 Å². The number of isocyanates is 1. The van der Waals surface area contributed by atoms with E-state index in [0.29, 0.717) is 5.82 Å². The summed E-state index contributed by atoms with van der Waals surface area (Å²) in [4.78, 5) is 13.5. The Kier molecular flexibility index (Phi) is 1.96.